The summed E-state index contributed by atoms with van der Waals surface area (Å²) < 4.78 is 14.2. The summed E-state index contributed by atoms with van der Waals surface area (Å²) in [6.07, 6.45) is 10.2. The van der Waals surface area contributed by atoms with E-state index in [-0.39, 0.29) is 35.5 Å². The predicted molar refractivity (Wildman–Crippen MR) is 183 cm³/mol. The summed E-state index contributed by atoms with van der Waals surface area (Å²) in [5.41, 5.74) is 4.94. The number of fused-ring (bicyclic) bond motifs is 10. The van der Waals surface area contributed by atoms with Crippen LogP contribution in [-0.2, 0) is 9.47 Å². The van der Waals surface area contributed by atoms with E-state index in [4.69, 9.17) is 19.4 Å². The zero-order valence-electron chi connectivity index (χ0n) is 29.8. The standard InChI is InChI=1S/C40H58N4O2/c1-9-11-23-43-31-25-19-21-39(7,37(25,3)4)33(31)45-35(43)29-17-13-15-27(41-29)28-16-14-18-30(42-28)36-44(24-12-10-2)32-26-20-22-40(8,34(32)46-36)38(26,5)6/h13-18,25-26,31-36H,9-12,19-24H2,1-8H3/t25-,26-,31-,32-,33-,34-,35-,36-,39+,40+/m1/s1. The summed E-state index contributed by atoms with van der Waals surface area (Å²) in [5.74, 6) is 1.35. The molecule has 4 bridgehead atoms. The quantitative estimate of drug-likeness (QED) is 0.277. The maximum Gasteiger partial charge on any atom is 0.154 e. The van der Waals surface area contributed by atoms with Crippen molar-refractivity contribution in [3.63, 3.8) is 0 Å². The Morgan fingerprint density at radius 2 is 1.07 bits per heavy atom. The van der Waals surface area contributed by atoms with Crippen LogP contribution < -0.4 is 0 Å². The van der Waals surface area contributed by atoms with Crippen LogP contribution in [0, 0.1) is 33.5 Å². The van der Waals surface area contributed by atoms with Gasteiger partial charge in [0.25, 0.3) is 0 Å². The molecular weight excluding hydrogens is 568 g/mol. The largest absolute Gasteiger partial charge is 0.352 e. The van der Waals surface area contributed by atoms with Crippen molar-refractivity contribution in [2.24, 2.45) is 33.5 Å². The smallest absolute Gasteiger partial charge is 0.154 e. The first-order valence-corrected chi connectivity index (χ1v) is 18.7. The summed E-state index contributed by atoms with van der Waals surface area (Å²) in [7, 11) is 0. The lowest BCUT2D eigenvalue weighted by molar-refractivity contribution is -0.0756. The fraction of sp³-hybridized carbons (Fsp3) is 0.750. The molecule has 6 heteroatoms. The molecule has 2 saturated heterocycles. The molecule has 0 amide bonds. The normalized spacial score (nSPS) is 41.8. The van der Waals surface area contributed by atoms with E-state index in [0.717, 1.165) is 35.9 Å². The van der Waals surface area contributed by atoms with E-state index in [1.54, 1.807) is 0 Å². The first-order chi connectivity index (χ1) is 22.0. The topological polar surface area (TPSA) is 50.7 Å². The number of hydrogen-bond acceptors (Lipinski definition) is 6. The lowest BCUT2D eigenvalue weighted by Gasteiger charge is -2.38. The molecule has 0 spiro atoms. The van der Waals surface area contributed by atoms with Crippen molar-refractivity contribution in [1.82, 2.24) is 19.8 Å². The zero-order chi connectivity index (χ0) is 32.2. The number of aromatic nitrogens is 2. The lowest BCUT2D eigenvalue weighted by Crippen LogP contribution is -2.43. The van der Waals surface area contributed by atoms with E-state index in [0.29, 0.717) is 34.7 Å². The Bertz CT molecular complexity index is 1370. The molecule has 6 aliphatic rings. The molecule has 4 heterocycles. The highest BCUT2D eigenvalue weighted by molar-refractivity contribution is 5.54. The minimum Gasteiger partial charge on any atom is -0.352 e. The molecule has 2 aromatic heterocycles. The molecule has 8 rings (SSSR count). The highest BCUT2D eigenvalue weighted by Gasteiger charge is 2.72. The average Bonchev–Trinajstić information content (AvgIpc) is 3.80. The maximum absolute atomic E-state index is 7.11. The summed E-state index contributed by atoms with van der Waals surface area (Å²) >= 11 is 0. The molecule has 0 radical (unpaired) electrons. The van der Waals surface area contributed by atoms with Crippen molar-refractivity contribution in [3.8, 4) is 11.4 Å². The van der Waals surface area contributed by atoms with Crippen LogP contribution in [0.1, 0.15) is 131 Å². The van der Waals surface area contributed by atoms with Crippen LogP contribution in [0.4, 0.5) is 0 Å². The number of unbranched alkanes of at least 4 members (excludes halogenated alkanes) is 2. The van der Waals surface area contributed by atoms with Crippen LogP contribution in [-0.4, -0.2) is 57.1 Å². The van der Waals surface area contributed by atoms with E-state index >= 15 is 0 Å². The van der Waals surface area contributed by atoms with E-state index in [2.05, 4.69) is 102 Å². The van der Waals surface area contributed by atoms with E-state index in [9.17, 15) is 0 Å². The first kappa shape index (κ1) is 31.4. The van der Waals surface area contributed by atoms with Gasteiger partial charge in [-0.25, -0.2) is 9.97 Å². The predicted octanol–water partition coefficient (Wildman–Crippen LogP) is 8.79. The number of nitrogens with zero attached hydrogens (tertiary/aromatic N) is 4. The maximum atomic E-state index is 7.11. The molecule has 0 unspecified atom stereocenters. The number of pyridine rings is 2. The Morgan fingerprint density at radius 1 is 0.652 bits per heavy atom. The molecule has 6 fully saturated rings. The second kappa shape index (κ2) is 10.8. The Morgan fingerprint density at radius 3 is 1.46 bits per heavy atom. The SMILES string of the molecule is CCCCN1[C@@H]2[C@H]3CC[C@@](C)([C@@H]2O[C@@H]1c1cccc(-c2cccc([C@H]4O[C@@H]5[C@@H]([C@H]6CC[C@]5(C)C6(C)C)N4CCCC)n2)n1)C3(C)C. The van der Waals surface area contributed by atoms with E-state index in [1.165, 1.54) is 51.4 Å². The van der Waals surface area contributed by atoms with Crippen molar-refractivity contribution in [3.05, 3.63) is 47.8 Å². The third-order valence-electron chi connectivity index (χ3n) is 15.2. The van der Waals surface area contributed by atoms with E-state index in [1.807, 2.05) is 0 Å². The fourth-order valence-electron chi connectivity index (χ4n) is 11.7. The van der Waals surface area contributed by atoms with Crippen LogP contribution in [0.25, 0.3) is 11.4 Å². The Labute approximate surface area is 278 Å². The van der Waals surface area contributed by atoms with Gasteiger partial charge in [-0.05, 0) is 85.5 Å². The van der Waals surface area contributed by atoms with Gasteiger partial charge in [0, 0.05) is 36.0 Å². The molecular formula is C40H58N4O2. The monoisotopic (exact) mass is 626 g/mol. The van der Waals surface area contributed by atoms with Crippen molar-refractivity contribution in [2.45, 2.75) is 144 Å². The van der Waals surface area contributed by atoms with Gasteiger partial charge in [-0.1, -0.05) is 80.4 Å². The minimum atomic E-state index is -0.0950. The van der Waals surface area contributed by atoms with Gasteiger partial charge in [0.05, 0.1) is 35.0 Å². The van der Waals surface area contributed by atoms with Gasteiger partial charge in [0.2, 0.25) is 0 Å². The average molecular weight is 627 g/mol. The second-order valence-electron chi connectivity index (χ2n) is 17.4. The van der Waals surface area contributed by atoms with Gasteiger partial charge in [-0.15, -0.1) is 0 Å². The summed E-state index contributed by atoms with van der Waals surface area (Å²) in [6.45, 7) is 21.7. The van der Waals surface area contributed by atoms with Gasteiger partial charge < -0.3 is 9.47 Å². The third-order valence-corrected chi connectivity index (χ3v) is 15.2. The summed E-state index contributed by atoms with van der Waals surface area (Å²) in [6, 6.07) is 13.9. The van der Waals surface area contributed by atoms with Crippen LogP contribution in [0.15, 0.2) is 36.4 Å². The molecule has 10 atom stereocenters. The molecule has 46 heavy (non-hydrogen) atoms. The van der Waals surface area contributed by atoms with Crippen LogP contribution in [0.5, 0.6) is 0 Å². The van der Waals surface area contributed by atoms with Crippen LogP contribution in [0.2, 0.25) is 0 Å². The minimum absolute atomic E-state index is 0.0950. The zero-order valence-corrected chi connectivity index (χ0v) is 29.8. The Hall–Kier alpha value is -1.86. The molecule has 6 nitrogen and oxygen atoms in total. The molecule has 2 aromatic rings. The lowest BCUT2D eigenvalue weighted by atomic mass is 9.70. The highest BCUT2D eigenvalue weighted by atomic mass is 16.5. The van der Waals surface area contributed by atoms with Crippen LogP contribution in [0.3, 0.4) is 0 Å². The van der Waals surface area contributed by atoms with Gasteiger partial charge >= 0.3 is 0 Å². The van der Waals surface area contributed by atoms with Crippen LogP contribution >= 0.6 is 0 Å². The molecule has 4 aliphatic carbocycles. The molecule has 2 aliphatic heterocycles. The number of rotatable bonds is 9. The summed E-state index contributed by atoms with van der Waals surface area (Å²) in [4.78, 5) is 16.0. The van der Waals surface area contributed by atoms with E-state index < -0.39 is 0 Å². The third kappa shape index (κ3) is 4.08. The van der Waals surface area contributed by atoms with Crippen molar-refractivity contribution in [1.29, 1.82) is 0 Å². The molecule has 0 aromatic carbocycles. The first-order valence-electron chi connectivity index (χ1n) is 18.7. The van der Waals surface area contributed by atoms with Crippen molar-refractivity contribution < 1.29 is 9.47 Å². The van der Waals surface area contributed by atoms with Gasteiger partial charge in [0.1, 0.15) is 0 Å². The van der Waals surface area contributed by atoms with Crippen molar-refractivity contribution >= 4 is 0 Å². The number of hydrogen-bond donors (Lipinski definition) is 0. The number of ether oxygens (including phenoxy) is 2. The molecule has 0 N–H and O–H groups in total. The van der Waals surface area contributed by atoms with Crippen molar-refractivity contribution in [2.75, 3.05) is 13.1 Å². The van der Waals surface area contributed by atoms with Gasteiger partial charge in [0.15, 0.2) is 12.5 Å². The molecule has 250 valence electrons. The second-order valence-corrected chi connectivity index (χ2v) is 17.4. The van der Waals surface area contributed by atoms with Gasteiger partial charge in [-0.3, -0.25) is 9.80 Å². The Balaban J connectivity index is 1.09. The van der Waals surface area contributed by atoms with Gasteiger partial charge in [-0.2, -0.15) is 0 Å². The summed E-state index contributed by atoms with van der Waals surface area (Å²) in [5, 5.41) is 0. The molecule has 4 saturated carbocycles. The fourth-order valence-corrected chi connectivity index (χ4v) is 11.7. The highest BCUT2D eigenvalue weighted by Crippen LogP contribution is 2.71. The Kier molecular flexibility index (Phi) is 7.39.